The molecule has 0 N–H and O–H groups in total. The van der Waals surface area contributed by atoms with Crippen molar-refractivity contribution in [1.29, 1.82) is 0 Å². The van der Waals surface area contributed by atoms with Gasteiger partial charge in [-0.3, -0.25) is 9.13 Å². The molecular formula is C55H62N4. The fourth-order valence-electron chi connectivity index (χ4n) is 9.27. The Morgan fingerprint density at radius 1 is 0.458 bits per heavy atom. The first-order valence-corrected chi connectivity index (χ1v) is 22.3. The zero-order valence-corrected chi connectivity index (χ0v) is 36.5. The number of aromatic nitrogens is 4. The van der Waals surface area contributed by atoms with Crippen LogP contribution in [0, 0.1) is 0 Å². The van der Waals surface area contributed by atoms with E-state index in [1.165, 1.54) is 76.0 Å². The lowest BCUT2D eigenvalue weighted by Crippen LogP contribution is -2.10. The first-order chi connectivity index (χ1) is 28.6. The first kappa shape index (κ1) is 40.3. The third kappa shape index (κ3) is 8.37. The van der Waals surface area contributed by atoms with E-state index in [0.717, 1.165) is 47.0 Å². The largest absolute Gasteiger partial charge is 0.299 e. The molecule has 0 aliphatic heterocycles. The molecule has 1 fully saturated rings. The van der Waals surface area contributed by atoms with Crippen LogP contribution in [0.15, 0.2) is 128 Å². The van der Waals surface area contributed by atoms with Gasteiger partial charge in [-0.15, -0.1) is 0 Å². The van der Waals surface area contributed by atoms with E-state index >= 15 is 0 Å². The molecule has 4 nitrogen and oxygen atoms in total. The number of rotatable bonds is 13. The number of imidazole rings is 2. The smallest absolute Gasteiger partial charge is 0.144 e. The number of benzene rings is 5. The molecule has 0 radical (unpaired) electrons. The van der Waals surface area contributed by atoms with E-state index < -0.39 is 0 Å². The molecule has 1 aliphatic carbocycles. The summed E-state index contributed by atoms with van der Waals surface area (Å²) in [5.41, 5.74) is 16.5. The second-order valence-corrected chi connectivity index (χ2v) is 18.1. The van der Waals surface area contributed by atoms with E-state index in [2.05, 4.69) is 192 Å². The van der Waals surface area contributed by atoms with Crippen LogP contribution in [0.1, 0.15) is 150 Å². The zero-order chi connectivity index (χ0) is 41.2. The van der Waals surface area contributed by atoms with Gasteiger partial charge in [-0.05, 0) is 106 Å². The molecule has 5 aromatic carbocycles. The maximum absolute atomic E-state index is 5.46. The molecule has 2 aromatic heterocycles. The number of nitrogens with zero attached hydrogens (tertiary/aromatic N) is 4. The van der Waals surface area contributed by atoms with E-state index in [4.69, 9.17) is 9.97 Å². The molecule has 0 atom stereocenters. The fourth-order valence-corrected chi connectivity index (χ4v) is 9.27. The van der Waals surface area contributed by atoms with Crippen LogP contribution in [0.5, 0.6) is 0 Å². The van der Waals surface area contributed by atoms with E-state index in [1.807, 2.05) is 0 Å². The molecule has 0 spiro atoms. The van der Waals surface area contributed by atoms with Gasteiger partial charge in [-0.25, -0.2) is 9.97 Å². The predicted molar refractivity (Wildman–Crippen MR) is 248 cm³/mol. The van der Waals surface area contributed by atoms with Crippen LogP contribution < -0.4 is 0 Å². The van der Waals surface area contributed by atoms with Crippen LogP contribution in [0.25, 0.3) is 45.3 Å². The van der Waals surface area contributed by atoms with Crippen LogP contribution in [-0.4, -0.2) is 19.1 Å². The Bertz CT molecular complexity index is 2440. The van der Waals surface area contributed by atoms with Gasteiger partial charge in [0.15, 0.2) is 0 Å². The zero-order valence-electron chi connectivity index (χ0n) is 36.5. The Labute approximate surface area is 353 Å². The molecule has 0 unspecified atom stereocenters. The second kappa shape index (κ2) is 17.4. The molecule has 1 aliphatic rings. The van der Waals surface area contributed by atoms with E-state index in [0.29, 0.717) is 29.6 Å². The molecule has 0 bridgehead atoms. The van der Waals surface area contributed by atoms with Crippen molar-refractivity contribution in [3.05, 3.63) is 167 Å². The summed E-state index contributed by atoms with van der Waals surface area (Å²) < 4.78 is 4.83. The van der Waals surface area contributed by atoms with Crippen molar-refractivity contribution in [2.45, 2.75) is 124 Å². The van der Waals surface area contributed by atoms with Crippen molar-refractivity contribution in [3.63, 3.8) is 0 Å². The Morgan fingerprint density at radius 3 is 1.19 bits per heavy atom. The summed E-state index contributed by atoms with van der Waals surface area (Å²) in [7, 11) is 0. The monoisotopic (exact) mass is 778 g/mol. The summed E-state index contributed by atoms with van der Waals surface area (Å²) in [4.78, 5) is 10.9. The SMILES string of the molecule is CC(C)c1cc(-c2ccccc2)cc(C(C)C)c1-n1cc(CCc2cn(-c3c(C(C)C)cc(C4CCCC4)cc3C(C)C)c(-c3ccccc3)n2)nc1-c1ccccc1. The third-order valence-corrected chi connectivity index (χ3v) is 12.5. The minimum absolute atomic E-state index is 0.319. The van der Waals surface area contributed by atoms with Gasteiger partial charge in [-0.2, -0.15) is 0 Å². The third-order valence-electron chi connectivity index (χ3n) is 12.5. The van der Waals surface area contributed by atoms with Crippen LogP contribution in [0.4, 0.5) is 0 Å². The highest BCUT2D eigenvalue weighted by atomic mass is 15.1. The molecule has 1 saturated carbocycles. The van der Waals surface area contributed by atoms with Crippen molar-refractivity contribution in [2.75, 3.05) is 0 Å². The van der Waals surface area contributed by atoms with Crippen LogP contribution in [-0.2, 0) is 12.8 Å². The number of aryl methyl sites for hydroxylation is 2. The summed E-state index contributed by atoms with van der Waals surface area (Å²) in [6, 6.07) is 42.2. The van der Waals surface area contributed by atoms with E-state index in [1.54, 1.807) is 0 Å². The van der Waals surface area contributed by atoms with Crippen molar-refractivity contribution in [3.8, 4) is 45.3 Å². The lowest BCUT2D eigenvalue weighted by Gasteiger charge is -2.25. The highest BCUT2D eigenvalue weighted by Crippen LogP contribution is 2.42. The lowest BCUT2D eigenvalue weighted by atomic mass is 9.86. The van der Waals surface area contributed by atoms with Crippen molar-refractivity contribution in [2.24, 2.45) is 0 Å². The van der Waals surface area contributed by atoms with E-state index in [9.17, 15) is 0 Å². The summed E-state index contributed by atoms with van der Waals surface area (Å²) >= 11 is 0. The topological polar surface area (TPSA) is 35.6 Å². The Morgan fingerprint density at radius 2 is 0.814 bits per heavy atom. The maximum atomic E-state index is 5.46. The average Bonchev–Trinajstić information content (AvgIpc) is 4.04. The van der Waals surface area contributed by atoms with Crippen molar-refractivity contribution < 1.29 is 0 Å². The van der Waals surface area contributed by atoms with Gasteiger partial charge in [-0.1, -0.05) is 171 Å². The normalized spacial score (nSPS) is 13.5. The van der Waals surface area contributed by atoms with Gasteiger partial charge >= 0.3 is 0 Å². The fraction of sp³-hybridized carbons (Fsp3) is 0.345. The lowest BCUT2D eigenvalue weighted by molar-refractivity contribution is 0.710. The van der Waals surface area contributed by atoms with Gasteiger partial charge in [0.2, 0.25) is 0 Å². The molecule has 0 saturated heterocycles. The number of hydrogen-bond donors (Lipinski definition) is 0. The average molecular weight is 779 g/mol. The quantitative estimate of drug-likeness (QED) is 0.117. The Hall–Kier alpha value is -5.48. The van der Waals surface area contributed by atoms with Crippen LogP contribution in [0.3, 0.4) is 0 Å². The van der Waals surface area contributed by atoms with Crippen molar-refractivity contribution >= 4 is 0 Å². The Balaban J connectivity index is 1.23. The van der Waals surface area contributed by atoms with E-state index in [-0.39, 0.29) is 0 Å². The minimum Gasteiger partial charge on any atom is -0.299 e. The molecule has 0 amide bonds. The highest BCUT2D eigenvalue weighted by Gasteiger charge is 2.26. The standard InChI is InChI=1S/C55H62N4/c1-36(2)48-30-44(40-20-12-9-13-21-40)31-49(37(3)4)52(48)58-34-46(56-54(58)42-24-14-10-15-25-42)28-29-47-35-59(55(57-47)43-26-16-11-17-27-43)53-50(38(5)6)32-45(33-51(53)39(7)8)41-22-18-19-23-41/h9-17,20-21,24-27,30-39,41H,18-19,22-23,28-29H2,1-8H3. The molecule has 2 heterocycles. The highest BCUT2D eigenvalue weighted by molar-refractivity contribution is 5.72. The van der Waals surface area contributed by atoms with Gasteiger partial charge in [0, 0.05) is 23.5 Å². The summed E-state index contributed by atoms with van der Waals surface area (Å²) in [6.45, 7) is 18.7. The van der Waals surface area contributed by atoms with Crippen LogP contribution >= 0.6 is 0 Å². The number of hydrogen-bond acceptors (Lipinski definition) is 2. The Kier molecular flexibility index (Phi) is 11.9. The van der Waals surface area contributed by atoms with Crippen LogP contribution in [0.2, 0.25) is 0 Å². The molecule has 59 heavy (non-hydrogen) atoms. The van der Waals surface area contributed by atoms with Gasteiger partial charge < -0.3 is 0 Å². The summed E-state index contributed by atoms with van der Waals surface area (Å²) in [5, 5.41) is 0. The van der Waals surface area contributed by atoms with Crippen molar-refractivity contribution in [1.82, 2.24) is 19.1 Å². The summed E-state index contributed by atoms with van der Waals surface area (Å²) in [5.74, 6) is 4.06. The van der Waals surface area contributed by atoms with Gasteiger partial charge in [0.05, 0.1) is 22.8 Å². The predicted octanol–water partition coefficient (Wildman–Crippen LogP) is 15.0. The molecule has 302 valence electrons. The molecular weight excluding hydrogens is 717 g/mol. The molecule has 4 heteroatoms. The summed E-state index contributed by atoms with van der Waals surface area (Å²) in [6.07, 6.45) is 11.5. The van der Waals surface area contributed by atoms with Gasteiger partial charge in [0.25, 0.3) is 0 Å². The maximum Gasteiger partial charge on any atom is 0.144 e. The molecule has 8 rings (SSSR count). The minimum atomic E-state index is 0.319. The second-order valence-electron chi connectivity index (χ2n) is 18.1. The van der Waals surface area contributed by atoms with Gasteiger partial charge in [0.1, 0.15) is 11.6 Å². The first-order valence-electron chi connectivity index (χ1n) is 22.3. The molecule has 7 aromatic rings.